The second-order valence-electron chi connectivity index (χ2n) is 3.62. The summed E-state index contributed by atoms with van der Waals surface area (Å²) in [6.45, 7) is 5.96. The number of sulfonamides is 1. The summed E-state index contributed by atoms with van der Waals surface area (Å²) in [5.41, 5.74) is 0.326. The molecule has 0 bridgehead atoms. The van der Waals surface area contributed by atoms with Gasteiger partial charge in [-0.15, -0.1) is 0 Å². The number of aryl methyl sites for hydroxylation is 1. The lowest BCUT2D eigenvalue weighted by molar-refractivity contribution is -0.130. The van der Waals surface area contributed by atoms with E-state index in [2.05, 4.69) is 9.71 Å². The van der Waals surface area contributed by atoms with Crippen LogP contribution in [-0.2, 0) is 19.5 Å². The van der Waals surface area contributed by atoms with E-state index in [9.17, 15) is 13.2 Å². The van der Waals surface area contributed by atoms with Crippen LogP contribution < -0.4 is 9.60 Å². The van der Waals surface area contributed by atoms with Crippen molar-refractivity contribution in [1.82, 2.24) is 9.71 Å². The van der Waals surface area contributed by atoms with Crippen molar-refractivity contribution in [3.63, 3.8) is 0 Å². The minimum absolute atomic E-state index is 0.00442. The molecule has 0 saturated heterocycles. The quantitative estimate of drug-likeness (QED) is 0.678. The summed E-state index contributed by atoms with van der Waals surface area (Å²) < 4.78 is 36.8. The van der Waals surface area contributed by atoms with Gasteiger partial charge in [-0.05, 0) is 20.8 Å². The normalized spacial score (nSPS) is 12.2. The van der Waals surface area contributed by atoms with Crippen molar-refractivity contribution in [2.45, 2.75) is 31.3 Å². The van der Waals surface area contributed by atoms with Crippen LogP contribution in [0.5, 0.6) is 0 Å². The van der Waals surface area contributed by atoms with Gasteiger partial charge < -0.3 is 14.5 Å². The Labute approximate surface area is 116 Å². The van der Waals surface area contributed by atoms with Gasteiger partial charge in [0.2, 0.25) is 0 Å². The Bertz CT molecular complexity index is 543. The van der Waals surface area contributed by atoms with E-state index in [0.717, 1.165) is 0 Å². The van der Waals surface area contributed by atoms with E-state index >= 15 is 0 Å². The Balaban J connectivity index is 2.74. The summed E-state index contributed by atoms with van der Waals surface area (Å²) in [6, 6.07) is 0. The van der Waals surface area contributed by atoms with Gasteiger partial charge in [-0.1, -0.05) is 11.3 Å². The zero-order valence-electron chi connectivity index (χ0n) is 11.1. The summed E-state index contributed by atoms with van der Waals surface area (Å²) in [5, 5.41) is 0. The molecule has 0 unspecified atom stereocenters. The third-order valence-electron chi connectivity index (χ3n) is 2.17. The number of ether oxygens (including phenoxy) is 2. The molecule has 0 aliphatic carbocycles. The summed E-state index contributed by atoms with van der Waals surface area (Å²) in [6.07, 6.45) is -0.638. The van der Waals surface area contributed by atoms with Crippen LogP contribution in [0.2, 0.25) is 0 Å². The largest absolute Gasteiger partial charge is 0.352 e. The highest BCUT2D eigenvalue weighted by Gasteiger charge is 2.22. The zero-order chi connectivity index (χ0) is 14.5. The molecule has 7 nitrogen and oxygen atoms in total. The molecule has 1 heterocycles. The minimum atomic E-state index is -3.72. The topological polar surface area (TPSA) is 97.5 Å². The van der Waals surface area contributed by atoms with Crippen LogP contribution in [0.4, 0.5) is 0 Å². The van der Waals surface area contributed by atoms with Gasteiger partial charge in [0.05, 0.1) is 6.54 Å². The lowest BCUT2D eigenvalue weighted by Crippen LogP contribution is -2.35. The van der Waals surface area contributed by atoms with Gasteiger partial charge in [-0.3, -0.25) is 4.79 Å². The molecule has 1 aromatic heterocycles. The van der Waals surface area contributed by atoms with E-state index in [0.29, 0.717) is 30.2 Å². The Morgan fingerprint density at radius 3 is 2.32 bits per heavy atom. The lowest BCUT2D eigenvalue weighted by atomic mass is 10.6. The third kappa shape index (κ3) is 4.69. The van der Waals surface area contributed by atoms with E-state index in [4.69, 9.17) is 9.47 Å². The monoisotopic (exact) mass is 310 g/mol. The maximum absolute atomic E-state index is 12.0. The molecule has 0 aromatic carbocycles. The molecule has 0 aliphatic heterocycles. The average Bonchev–Trinajstić information content (AvgIpc) is 2.67. The molecule has 0 atom stereocenters. The summed E-state index contributed by atoms with van der Waals surface area (Å²) in [7, 11) is -3.72. The van der Waals surface area contributed by atoms with Crippen LogP contribution >= 0.6 is 11.3 Å². The van der Waals surface area contributed by atoms with Crippen molar-refractivity contribution in [2.75, 3.05) is 19.8 Å². The Kier molecular flexibility index (Phi) is 6.14. The number of thiazole rings is 1. The zero-order valence-corrected chi connectivity index (χ0v) is 12.7. The fourth-order valence-corrected chi connectivity index (χ4v) is 3.79. The summed E-state index contributed by atoms with van der Waals surface area (Å²) >= 11 is 0.656. The molecule has 9 heteroatoms. The van der Waals surface area contributed by atoms with Gasteiger partial charge in [0, 0.05) is 18.9 Å². The molecule has 1 rings (SSSR count). The Morgan fingerprint density at radius 1 is 1.32 bits per heavy atom. The molecule has 0 saturated carbocycles. The highest BCUT2D eigenvalue weighted by atomic mass is 32.2. The number of H-pyrrole nitrogens is 1. The fourth-order valence-electron chi connectivity index (χ4n) is 1.43. The first-order valence-electron chi connectivity index (χ1n) is 5.83. The van der Waals surface area contributed by atoms with Crippen LogP contribution in [0.3, 0.4) is 0 Å². The van der Waals surface area contributed by atoms with Crippen molar-refractivity contribution >= 4 is 21.4 Å². The van der Waals surface area contributed by atoms with Crippen molar-refractivity contribution in [2.24, 2.45) is 0 Å². The van der Waals surface area contributed by atoms with Gasteiger partial charge >= 0.3 is 4.87 Å². The highest BCUT2D eigenvalue weighted by Crippen LogP contribution is 2.15. The number of hydrogen-bond acceptors (Lipinski definition) is 6. The first-order chi connectivity index (χ1) is 8.90. The summed E-state index contributed by atoms with van der Waals surface area (Å²) in [5.74, 6) is 0. The summed E-state index contributed by atoms with van der Waals surface area (Å²) in [4.78, 5) is 13.2. The molecule has 110 valence electrons. The molecule has 0 aliphatic rings. The second-order valence-corrected chi connectivity index (χ2v) is 6.56. The van der Waals surface area contributed by atoms with Gasteiger partial charge in [0.1, 0.15) is 0 Å². The molecular weight excluding hydrogens is 292 g/mol. The van der Waals surface area contributed by atoms with Crippen LogP contribution in [0.1, 0.15) is 19.5 Å². The third-order valence-corrected chi connectivity index (χ3v) is 5.20. The Hall–Kier alpha value is -0.740. The first-order valence-corrected chi connectivity index (χ1v) is 8.13. The van der Waals surface area contributed by atoms with E-state index in [1.54, 1.807) is 13.8 Å². The van der Waals surface area contributed by atoms with Gasteiger partial charge in [0.15, 0.2) is 10.5 Å². The fraction of sp³-hybridized carbons (Fsp3) is 0.700. The van der Waals surface area contributed by atoms with Crippen LogP contribution in [0.15, 0.2) is 9.00 Å². The van der Waals surface area contributed by atoms with E-state index in [-0.39, 0.29) is 10.8 Å². The molecule has 0 fully saturated rings. The molecule has 0 radical (unpaired) electrons. The Morgan fingerprint density at radius 2 is 1.89 bits per heavy atom. The maximum atomic E-state index is 12.0. The van der Waals surface area contributed by atoms with Crippen molar-refractivity contribution in [3.05, 3.63) is 15.4 Å². The van der Waals surface area contributed by atoms with Gasteiger partial charge in [-0.2, -0.15) is 0 Å². The second kappa shape index (κ2) is 7.15. The van der Waals surface area contributed by atoms with Crippen LogP contribution in [-0.4, -0.2) is 39.5 Å². The lowest BCUT2D eigenvalue weighted by Gasteiger charge is -2.17. The first kappa shape index (κ1) is 16.3. The minimum Gasteiger partial charge on any atom is -0.352 e. The van der Waals surface area contributed by atoms with Crippen molar-refractivity contribution in [3.8, 4) is 0 Å². The average molecular weight is 310 g/mol. The van der Waals surface area contributed by atoms with E-state index in [1.165, 1.54) is 6.92 Å². The van der Waals surface area contributed by atoms with Crippen LogP contribution in [0, 0.1) is 6.92 Å². The SMILES string of the molecule is CCOC(CNS(=O)(=O)c1sc(=O)[nH]c1C)OCC. The number of rotatable bonds is 8. The maximum Gasteiger partial charge on any atom is 0.305 e. The van der Waals surface area contributed by atoms with E-state index in [1.807, 2.05) is 0 Å². The number of aromatic amines is 1. The van der Waals surface area contributed by atoms with Crippen molar-refractivity contribution < 1.29 is 17.9 Å². The predicted molar refractivity (Wildman–Crippen MR) is 71.9 cm³/mol. The van der Waals surface area contributed by atoms with E-state index < -0.39 is 21.2 Å². The molecule has 1 aromatic rings. The molecule has 2 N–H and O–H groups in total. The molecular formula is C10H18N2O5S2. The smallest absolute Gasteiger partial charge is 0.305 e. The highest BCUT2D eigenvalue weighted by molar-refractivity contribution is 7.91. The number of nitrogens with one attached hydrogen (secondary N) is 2. The molecule has 19 heavy (non-hydrogen) atoms. The standard InChI is InChI=1S/C10H18N2O5S2/c1-4-16-8(17-5-2)6-11-19(14,15)9-7(3)12-10(13)18-9/h8,11H,4-6H2,1-3H3,(H,12,13). The molecule has 0 amide bonds. The van der Waals surface area contributed by atoms with Crippen LogP contribution in [0.25, 0.3) is 0 Å². The number of aromatic nitrogens is 1. The number of hydrogen-bond donors (Lipinski definition) is 2. The van der Waals surface area contributed by atoms with Gasteiger partial charge in [0.25, 0.3) is 10.0 Å². The predicted octanol–water partition coefficient (Wildman–Crippen LogP) is 0.422. The molecule has 0 spiro atoms. The van der Waals surface area contributed by atoms with Gasteiger partial charge in [-0.25, -0.2) is 13.1 Å². The van der Waals surface area contributed by atoms with Crippen molar-refractivity contribution in [1.29, 1.82) is 0 Å².